The molecular formula is C18H35N3O2. The summed E-state index contributed by atoms with van der Waals surface area (Å²) in [7, 11) is 1.84. The van der Waals surface area contributed by atoms with Crippen LogP contribution in [0.2, 0.25) is 0 Å². The second-order valence-corrected chi connectivity index (χ2v) is 7.06. The van der Waals surface area contributed by atoms with Gasteiger partial charge in [0.25, 0.3) is 0 Å². The zero-order valence-electron chi connectivity index (χ0n) is 15.0. The van der Waals surface area contributed by atoms with Crippen LogP contribution in [0, 0.1) is 17.8 Å². The minimum atomic E-state index is 0.606. The van der Waals surface area contributed by atoms with Crippen LogP contribution in [-0.4, -0.2) is 52.5 Å². The van der Waals surface area contributed by atoms with Gasteiger partial charge in [-0.2, -0.15) is 0 Å². The Morgan fingerprint density at radius 3 is 2.83 bits per heavy atom. The highest BCUT2D eigenvalue weighted by Gasteiger charge is 2.21. The molecule has 0 amide bonds. The molecule has 0 radical (unpaired) electrons. The molecular weight excluding hydrogens is 290 g/mol. The average Bonchev–Trinajstić information content (AvgIpc) is 3.08. The number of nitrogens with zero attached hydrogens (tertiary/aromatic N) is 1. The molecule has 2 aliphatic rings. The molecule has 1 aliphatic heterocycles. The summed E-state index contributed by atoms with van der Waals surface area (Å²) in [5, 5.41) is 6.87. The summed E-state index contributed by atoms with van der Waals surface area (Å²) in [5.41, 5.74) is 0. The first-order valence-corrected chi connectivity index (χ1v) is 9.39. The van der Waals surface area contributed by atoms with Gasteiger partial charge in [0.2, 0.25) is 0 Å². The summed E-state index contributed by atoms with van der Waals surface area (Å²) < 4.78 is 11.1. The van der Waals surface area contributed by atoms with Gasteiger partial charge in [0, 0.05) is 39.3 Å². The second-order valence-electron chi connectivity index (χ2n) is 7.06. The largest absolute Gasteiger partial charge is 0.381 e. The van der Waals surface area contributed by atoms with E-state index in [9.17, 15) is 0 Å². The summed E-state index contributed by atoms with van der Waals surface area (Å²) in [6.45, 7) is 7.74. The van der Waals surface area contributed by atoms with Gasteiger partial charge in [0.05, 0.1) is 13.2 Å². The minimum Gasteiger partial charge on any atom is -0.381 e. The Hall–Kier alpha value is -0.810. The van der Waals surface area contributed by atoms with Crippen molar-refractivity contribution in [3.63, 3.8) is 0 Å². The van der Waals surface area contributed by atoms with E-state index in [4.69, 9.17) is 9.47 Å². The van der Waals surface area contributed by atoms with Crippen LogP contribution in [0.1, 0.15) is 45.4 Å². The molecule has 0 aromatic rings. The van der Waals surface area contributed by atoms with Crippen molar-refractivity contribution in [2.45, 2.75) is 45.4 Å². The molecule has 0 spiro atoms. The monoisotopic (exact) mass is 325 g/mol. The maximum absolute atomic E-state index is 5.72. The molecule has 1 aliphatic carbocycles. The molecule has 23 heavy (non-hydrogen) atoms. The number of hydrogen-bond acceptors (Lipinski definition) is 3. The lowest BCUT2D eigenvalue weighted by atomic mass is 9.80. The highest BCUT2D eigenvalue weighted by atomic mass is 16.5. The van der Waals surface area contributed by atoms with E-state index in [1.54, 1.807) is 0 Å². The Kier molecular flexibility index (Phi) is 8.76. The lowest BCUT2D eigenvalue weighted by Crippen LogP contribution is -2.41. The van der Waals surface area contributed by atoms with Crippen molar-refractivity contribution < 1.29 is 9.47 Å². The molecule has 134 valence electrons. The van der Waals surface area contributed by atoms with Crippen LogP contribution >= 0.6 is 0 Å². The Morgan fingerprint density at radius 1 is 1.22 bits per heavy atom. The first-order chi connectivity index (χ1) is 11.3. The van der Waals surface area contributed by atoms with E-state index >= 15 is 0 Å². The third kappa shape index (κ3) is 7.08. The lowest BCUT2D eigenvalue weighted by molar-refractivity contribution is 0.0888. The summed E-state index contributed by atoms with van der Waals surface area (Å²) in [5.74, 6) is 3.16. The van der Waals surface area contributed by atoms with Crippen molar-refractivity contribution in [3.05, 3.63) is 0 Å². The van der Waals surface area contributed by atoms with Crippen LogP contribution in [0.3, 0.4) is 0 Å². The van der Waals surface area contributed by atoms with Crippen LogP contribution in [-0.2, 0) is 9.47 Å². The standard InChI is InChI=1S/C18H35N3O2/c1-15-6-3-4-7-17(15)12-21-18(19-2)20-9-5-10-22-13-16-8-11-23-14-16/h15-17H,3-14H2,1-2H3,(H2,19,20,21). The molecule has 1 heterocycles. The molecule has 0 aromatic carbocycles. The van der Waals surface area contributed by atoms with E-state index in [0.29, 0.717) is 5.92 Å². The molecule has 5 heteroatoms. The van der Waals surface area contributed by atoms with E-state index in [0.717, 1.165) is 70.2 Å². The Labute approximate surface area is 141 Å². The molecule has 2 N–H and O–H groups in total. The molecule has 3 unspecified atom stereocenters. The molecule has 1 saturated carbocycles. The summed E-state index contributed by atoms with van der Waals surface area (Å²) in [4.78, 5) is 4.32. The van der Waals surface area contributed by atoms with Gasteiger partial charge < -0.3 is 20.1 Å². The van der Waals surface area contributed by atoms with Crippen LogP contribution < -0.4 is 10.6 Å². The fraction of sp³-hybridized carbons (Fsp3) is 0.944. The third-order valence-electron chi connectivity index (χ3n) is 5.18. The van der Waals surface area contributed by atoms with Crippen LogP contribution in [0.4, 0.5) is 0 Å². The molecule has 2 fully saturated rings. The molecule has 0 aromatic heterocycles. The predicted molar refractivity (Wildman–Crippen MR) is 94.8 cm³/mol. The fourth-order valence-electron chi connectivity index (χ4n) is 3.49. The number of ether oxygens (including phenoxy) is 2. The van der Waals surface area contributed by atoms with Crippen LogP contribution in [0.5, 0.6) is 0 Å². The highest BCUT2D eigenvalue weighted by molar-refractivity contribution is 5.79. The van der Waals surface area contributed by atoms with Gasteiger partial charge in [-0.1, -0.05) is 26.2 Å². The zero-order chi connectivity index (χ0) is 16.3. The first kappa shape index (κ1) is 18.5. The number of aliphatic imine (C=N–C) groups is 1. The van der Waals surface area contributed by atoms with Gasteiger partial charge in [-0.15, -0.1) is 0 Å². The smallest absolute Gasteiger partial charge is 0.190 e. The number of hydrogen-bond donors (Lipinski definition) is 2. The van der Waals surface area contributed by atoms with Crippen molar-refractivity contribution in [2.24, 2.45) is 22.7 Å². The normalized spacial score (nSPS) is 28.8. The van der Waals surface area contributed by atoms with Gasteiger partial charge >= 0.3 is 0 Å². The van der Waals surface area contributed by atoms with E-state index < -0.39 is 0 Å². The highest BCUT2D eigenvalue weighted by Crippen LogP contribution is 2.28. The maximum Gasteiger partial charge on any atom is 0.190 e. The SMILES string of the molecule is CN=C(NCCCOCC1CCOC1)NCC1CCCCC1C. The second kappa shape index (κ2) is 10.9. The minimum absolute atomic E-state index is 0.606. The van der Waals surface area contributed by atoms with E-state index in [1.165, 1.54) is 25.7 Å². The van der Waals surface area contributed by atoms with Crippen molar-refractivity contribution in [2.75, 3.05) is 46.6 Å². The summed E-state index contributed by atoms with van der Waals surface area (Å²) in [6, 6.07) is 0. The van der Waals surface area contributed by atoms with Crippen LogP contribution in [0.15, 0.2) is 4.99 Å². The maximum atomic E-state index is 5.72. The Balaban J connectivity index is 1.49. The van der Waals surface area contributed by atoms with Crippen LogP contribution in [0.25, 0.3) is 0 Å². The molecule has 3 atom stereocenters. The van der Waals surface area contributed by atoms with Gasteiger partial charge in [-0.3, -0.25) is 4.99 Å². The number of guanidine groups is 1. The van der Waals surface area contributed by atoms with Crippen molar-refractivity contribution >= 4 is 5.96 Å². The average molecular weight is 325 g/mol. The topological polar surface area (TPSA) is 54.9 Å². The number of rotatable bonds is 8. The predicted octanol–water partition coefficient (Wildman–Crippen LogP) is 2.42. The van der Waals surface area contributed by atoms with E-state index in [1.807, 2.05) is 7.05 Å². The van der Waals surface area contributed by atoms with Gasteiger partial charge in [0.1, 0.15) is 0 Å². The molecule has 1 saturated heterocycles. The van der Waals surface area contributed by atoms with E-state index in [2.05, 4.69) is 22.5 Å². The van der Waals surface area contributed by atoms with Gasteiger partial charge in [0.15, 0.2) is 5.96 Å². The van der Waals surface area contributed by atoms with Gasteiger partial charge in [-0.05, 0) is 31.1 Å². The lowest BCUT2D eigenvalue weighted by Gasteiger charge is -2.29. The van der Waals surface area contributed by atoms with Crippen molar-refractivity contribution in [1.29, 1.82) is 0 Å². The molecule has 5 nitrogen and oxygen atoms in total. The molecule has 2 rings (SSSR count). The van der Waals surface area contributed by atoms with E-state index in [-0.39, 0.29) is 0 Å². The first-order valence-electron chi connectivity index (χ1n) is 9.39. The van der Waals surface area contributed by atoms with Gasteiger partial charge in [-0.25, -0.2) is 0 Å². The fourth-order valence-corrected chi connectivity index (χ4v) is 3.49. The van der Waals surface area contributed by atoms with Crippen molar-refractivity contribution in [1.82, 2.24) is 10.6 Å². The number of nitrogens with one attached hydrogen (secondary N) is 2. The molecule has 0 bridgehead atoms. The Morgan fingerprint density at radius 2 is 2.09 bits per heavy atom. The van der Waals surface area contributed by atoms with Crippen molar-refractivity contribution in [3.8, 4) is 0 Å². The zero-order valence-corrected chi connectivity index (χ0v) is 15.0. The summed E-state index contributed by atoms with van der Waals surface area (Å²) in [6.07, 6.45) is 7.66. The quantitative estimate of drug-likeness (QED) is 0.409. The Bertz CT molecular complexity index is 343. The third-order valence-corrected chi connectivity index (χ3v) is 5.18. The summed E-state index contributed by atoms with van der Waals surface area (Å²) >= 11 is 0.